The van der Waals surface area contributed by atoms with Crippen molar-refractivity contribution in [1.29, 1.82) is 0 Å². The van der Waals surface area contributed by atoms with E-state index in [0.29, 0.717) is 11.1 Å². The van der Waals surface area contributed by atoms with Crippen molar-refractivity contribution in [2.75, 3.05) is 12.4 Å². The van der Waals surface area contributed by atoms with Gasteiger partial charge in [0.2, 0.25) is 5.91 Å². The first kappa shape index (κ1) is 23.4. The molecule has 4 N–H and O–H groups in total. The molecular formula is C18H20N3NaO6S. The molecule has 1 aromatic rings. The van der Waals surface area contributed by atoms with Crippen LogP contribution in [-0.2, 0) is 23.9 Å². The number of fused-ring (bicyclic) bond motifs is 1. The second-order valence-electron chi connectivity index (χ2n) is 6.32. The maximum Gasteiger partial charge on any atom is 1.00 e. The smallest absolute Gasteiger partial charge is 1.00 e. The van der Waals surface area contributed by atoms with E-state index in [1.165, 1.54) is 18.7 Å². The van der Waals surface area contributed by atoms with E-state index in [1.807, 2.05) is 0 Å². The van der Waals surface area contributed by atoms with Gasteiger partial charge < -0.3 is 22.3 Å². The average molecular weight is 429 g/mol. The molecule has 0 saturated carbocycles. The number of benzene rings is 1. The number of ether oxygens (including phenoxy) is 1. The summed E-state index contributed by atoms with van der Waals surface area (Å²) in [5.41, 5.74) is 6.69. The van der Waals surface area contributed by atoms with Crippen LogP contribution in [0.2, 0.25) is 0 Å². The number of thioether (sulfide) groups is 1. The molecule has 0 aliphatic carbocycles. The zero-order chi connectivity index (χ0) is 20.4. The van der Waals surface area contributed by atoms with Crippen molar-refractivity contribution < 1.29 is 60.0 Å². The molecule has 2 aliphatic heterocycles. The van der Waals surface area contributed by atoms with Gasteiger partial charge in [0, 0.05) is 18.2 Å². The number of aliphatic carboxylic acids is 1. The Morgan fingerprint density at radius 1 is 1.38 bits per heavy atom. The minimum Gasteiger partial charge on any atom is -1.00 e. The molecule has 3 rings (SSSR count). The van der Waals surface area contributed by atoms with Crippen molar-refractivity contribution >= 4 is 35.5 Å². The number of amides is 2. The summed E-state index contributed by atoms with van der Waals surface area (Å²) < 4.78 is 4.88. The summed E-state index contributed by atoms with van der Waals surface area (Å²) in [6.07, 6.45) is 0. The second-order valence-corrected chi connectivity index (χ2v) is 7.43. The summed E-state index contributed by atoms with van der Waals surface area (Å²) >= 11 is 1.29. The SMILES string of the molecule is CC(=O)OCC1=C(C(=O)O)N2C(=O)[C@@H](NC(=O)[C@H](N)c3ccccc3)[C@H]2SC1.[H-].[Na+]. The Morgan fingerprint density at radius 2 is 2.03 bits per heavy atom. The largest absolute Gasteiger partial charge is 1.00 e. The molecule has 2 amide bonds. The van der Waals surface area contributed by atoms with E-state index in [-0.39, 0.29) is 49.0 Å². The average Bonchev–Trinajstić information content (AvgIpc) is 2.69. The number of nitrogens with one attached hydrogen (secondary N) is 1. The molecule has 0 unspecified atom stereocenters. The van der Waals surface area contributed by atoms with Crippen molar-refractivity contribution in [3.63, 3.8) is 0 Å². The van der Waals surface area contributed by atoms with Gasteiger partial charge in [0.05, 0.1) is 0 Å². The van der Waals surface area contributed by atoms with E-state index in [9.17, 15) is 24.3 Å². The number of hydrogen-bond acceptors (Lipinski definition) is 7. The predicted octanol–water partition coefficient (Wildman–Crippen LogP) is -2.90. The molecule has 1 fully saturated rings. The Kier molecular flexibility index (Phi) is 7.89. The Morgan fingerprint density at radius 3 is 2.62 bits per heavy atom. The van der Waals surface area contributed by atoms with E-state index in [4.69, 9.17) is 10.5 Å². The first-order chi connectivity index (χ1) is 13.3. The summed E-state index contributed by atoms with van der Waals surface area (Å²) in [7, 11) is 0. The fraction of sp³-hybridized carbons (Fsp3) is 0.333. The monoisotopic (exact) mass is 429 g/mol. The van der Waals surface area contributed by atoms with Crippen LogP contribution in [0, 0.1) is 0 Å². The van der Waals surface area contributed by atoms with Crippen LogP contribution in [0.25, 0.3) is 0 Å². The van der Waals surface area contributed by atoms with Gasteiger partial charge in [0.25, 0.3) is 5.91 Å². The van der Waals surface area contributed by atoms with Gasteiger partial charge in [-0.05, 0) is 5.56 Å². The van der Waals surface area contributed by atoms with Crippen molar-refractivity contribution in [3.8, 4) is 0 Å². The molecule has 0 spiro atoms. The number of β-lactam (4-membered cyclic amide) rings is 1. The Hall–Kier alpha value is -1.85. The molecule has 0 bridgehead atoms. The summed E-state index contributed by atoms with van der Waals surface area (Å²) in [5.74, 6) is -2.62. The molecule has 29 heavy (non-hydrogen) atoms. The van der Waals surface area contributed by atoms with Gasteiger partial charge in [-0.15, -0.1) is 11.8 Å². The van der Waals surface area contributed by atoms with Crippen LogP contribution in [0.15, 0.2) is 41.6 Å². The maximum absolute atomic E-state index is 12.5. The molecular weight excluding hydrogens is 409 g/mol. The predicted molar refractivity (Wildman–Crippen MR) is 101 cm³/mol. The molecule has 2 heterocycles. The molecule has 1 saturated heterocycles. The van der Waals surface area contributed by atoms with E-state index < -0.39 is 41.2 Å². The number of rotatable bonds is 6. The third-order valence-corrected chi connectivity index (χ3v) is 5.78. The van der Waals surface area contributed by atoms with E-state index in [1.54, 1.807) is 30.3 Å². The molecule has 9 nitrogen and oxygen atoms in total. The molecule has 2 aliphatic rings. The van der Waals surface area contributed by atoms with E-state index in [0.717, 1.165) is 4.90 Å². The number of hydrogen-bond donors (Lipinski definition) is 3. The number of carboxylic acid groups (broad SMARTS) is 1. The quantitative estimate of drug-likeness (QED) is 0.249. The standard InChI is InChI=1S/C18H19N3O6S.Na.H/c1-9(22)27-7-11-8-28-17-13(16(24)21(17)14(11)18(25)26)20-15(23)12(19)10-5-3-2-4-6-10;;/h2-6,12-13,17H,7-8,19H2,1H3,(H,20,23)(H,25,26);;/q;+1;-1/t12-,13-,17-;;/m1../s1. The van der Waals surface area contributed by atoms with Crippen molar-refractivity contribution in [2.45, 2.75) is 24.4 Å². The van der Waals surface area contributed by atoms with Crippen LogP contribution in [-0.4, -0.2) is 57.5 Å². The molecule has 0 aromatic heterocycles. The maximum atomic E-state index is 12.5. The van der Waals surface area contributed by atoms with Crippen molar-refractivity contribution in [1.82, 2.24) is 10.2 Å². The minimum atomic E-state index is -1.29. The molecule has 11 heteroatoms. The van der Waals surface area contributed by atoms with E-state index in [2.05, 4.69) is 5.32 Å². The topological polar surface area (TPSA) is 139 Å². The van der Waals surface area contributed by atoms with Crippen LogP contribution in [0.4, 0.5) is 0 Å². The molecule has 1 aromatic carbocycles. The zero-order valence-electron chi connectivity index (χ0n) is 17.0. The fourth-order valence-electron chi connectivity index (χ4n) is 3.04. The molecule has 3 atom stereocenters. The van der Waals surface area contributed by atoms with Crippen molar-refractivity contribution in [3.05, 3.63) is 47.2 Å². The summed E-state index contributed by atoms with van der Waals surface area (Å²) in [6, 6.07) is 6.92. The van der Waals surface area contributed by atoms with Crippen LogP contribution < -0.4 is 40.6 Å². The third kappa shape index (κ3) is 4.84. The van der Waals surface area contributed by atoms with Gasteiger partial charge in [-0.1, -0.05) is 30.3 Å². The summed E-state index contributed by atoms with van der Waals surface area (Å²) in [6.45, 7) is 1.02. The normalized spacial score (nSPS) is 21.3. The molecule has 150 valence electrons. The van der Waals surface area contributed by atoms with Gasteiger partial charge in [-0.25, -0.2) is 4.79 Å². The number of carboxylic acids is 1. The van der Waals surface area contributed by atoms with Gasteiger partial charge in [0.1, 0.15) is 29.8 Å². The number of carbonyl (C=O) groups excluding carboxylic acids is 3. The fourth-order valence-corrected chi connectivity index (χ4v) is 4.37. The Bertz CT molecular complexity index is 869. The van der Waals surface area contributed by atoms with Gasteiger partial charge in [-0.3, -0.25) is 19.3 Å². The number of nitrogens with two attached hydrogens (primary N) is 1. The van der Waals surface area contributed by atoms with Crippen LogP contribution in [0.5, 0.6) is 0 Å². The minimum absolute atomic E-state index is 0. The first-order valence-electron chi connectivity index (χ1n) is 8.45. The van der Waals surface area contributed by atoms with Gasteiger partial charge >= 0.3 is 41.5 Å². The van der Waals surface area contributed by atoms with Crippen LogP contribution >= 0.6 is 11.8 Å². The van der Waals surface area contributed by atoms with Crippen LogP contribution in [0.3, 0.4) is 0 Å². The molecule has 0 radical (unpaired) electrons. The summed E-state index contributed by atoms with van der Waals surface area (Å²) in [5, 5.41) is 11.6. The van der Waals surface area contributed by atoms with Crippen molar-refractivity contribution in [2.24, 2.45) is 5.73 Å². The van der Waals surface area contributed by atoms with Gasteiger partial charge in [0.15, 0.2) is 0 Å². The Balaban J connectivity index is 0.00000225. The van der Waals surface area contributed by atoms with Gasteiger partial charge in [-0.2, -0.15) is 0 Å². The first-order valence-corrected chi connectivity index (χ1v) is 9.50. The third-order valence-electron chi connectivity index (χ3n) is 4.44. The number of nitrogens with zero attached hydrogens (tertiary/aromatic N) is 1. The number of carbonyl (C=O) groups is 4. The summed E-state index contributed by atoms with van der Waals surface area (Å²) in [4.78, 5) is 48.7. The van der Waals surface area contributed by atoms with Crippen LogP contribution in [0.1, 0.15) is 20.0 Å². The number of esters is 1. The zero-order valence-corrected chi connectivity index (χ0v) is 18.8. The Labute approximate surface area is 194 Å². The van der Waals surface area contributed by atoms with E-state index >= 15 is 0 Å². The second kappa shape index (κ2) is 9.77.